The highest BCUT2D eigenvalue weighted by molar-refractivity contribution is 5.92. The Morgan fingerprint density at radius 1 is 1.03 bits per heavy atom. The molecule has 0 aliphatic heterocycles. The van der Waals surface area contributed by atoms with Crippen LogP contribution in [0.4, 0.5) is 5.69 Å². The highest BCUT2D eigenvalue weighted by Gasteiger charge is 2.05. The Labute approximate surface area is 176 Å². The van der Waals surface area contributed by atoms with Crippen molar-refractivity contribution in [2.24, 2.45) is 10.7 Å². The average molecular weight is 396 g/mol. The Hall–Kier alpha value is -3.86. The number of nitrogens with one attached hydrogen (secondary N) is 1. The van der Waals surface area contributed by atoms with E-state index in [-0.39, 0.29) is 0 Å². The summed E-state index contributed by atoms with van der Waals surface area (Å²) in [5.74, 6) is 0.408. The lowest BCUT2D eigenvalue weighted by atomic mass is 9.98. The first kappa shape index (κ1) is 19.5. The monoisotopic (exact) mass is 395 g/mol. The molecule has 5 heteroatoms. The van der Waals surface area contributed by atoms with Crippen LogP contribution in [-0.2, 0) is 13.1 Å². The van der Waals surface area contributed by atoms with Crippen molar-refractivity contribution >= 4 is 11.6 Å². The number of guanidine groups is 1. The summed E-state index contributed by atoms with van der Waals surface area (Å²) in [6.07, 6.45) is 5.59. The fraction of sp³-hybridized carbons (Fsp3) is 0.120. The van der Waals surface area contributed by atoms with Crippen LogP contribution in [0.1, 0.15) is 16.7 Å². The number of imidazole rings is 1. The van der Waals surface area contributed by atoms with E-state index in [1.54, 1.807) is 6.20 Å². The summed E-state index contributed by atoms with van der Waals surface area (Å²) < 4.78 is 2.06. The Kier molecular flexibility index (Phi) is 5.90. The number of nitrogens with zero attached hydrogens (tertiary/aromatic N) is 3. The molecule has 150 valence electrons. The number of aryl methyl sites for hydroxylation is 1. The summed E-state index contributed by atoms with van der Waals surface area (Å²) in [7, 11) is 0. The zero-order chi connectivity index (χ0) is 20.8. The van der Waals surface area contributed by atoms with Crippen molar-refractivity contribution in [2.75, 3.05) is 5.32 Å². The largest absolute Gasteiger partial charge is 0.370 e. The van der Waals surface area contributed by atoms with Gasteiger partial charge in [-0.1, -0.05) is 60.7 Å². The number of hydrogen-bond donors (Lipinski definition) is 2. The molecule has 3 aromatic carbocycles. The molecule has 0 bridgehead atoms. The Bertz CT molecular complexity index is 1130. The smallest absolute Gasteiger partial charge is 0.193 e. The molecule has 30 heavy (non-hydrogen) atoms. The number of aromatic nitrogens is 2. The van der Waals surface area contributed by atoms with Crippen molar-refractivity contribution in [3.8, 4) is 11.1 Å². The van der Waals surface area contributed by atoms with Crippen LogP contribution in [0.15, 0.2) is 96.5 Å². The van der Waals surface area contributed by atoms with E-state index in [4.69, 9.17) is 5.73 Å². The number of rotatable bonds is 6. The van der Waals surface area contributed by atoms with E-state index < -0.39 is 0 Å². The van der Waals surface area contributed by atoms with Gasteiger partial charge in [0, 0.05) is 24.6 Å². The first-order valence-electron chi connectivity index (χ1n) is 9.94. The van der Waals surface area contributed by atoms with Gasteiger partial charge in [0.05, 0.1) is 12.9 Å². The van der Waals surface area contributed by atoms with Crippen LogP contribution >= 0.6 is 0 Å². The molecule has 0 atom stereocenters. The van der Waals surface area contributed by atoms with Gasteiger partial charge in [-0.15, -0.1) is 0 Å². The van der Waals surface area contributed by atoms with Crippen LogP contribution < -0.4 is 11.1 Å². The third kappa shape index (κ3) is 4.94. The molecule has 0 aliphatic rings. The predicted molar refractivity (Wildman–Crippen MR) is 123 cm³/mol. The van der Waals surface area contributed by atoms with Crippen LogP contribution in [-0.4, -0.2) is 15.5 Å². The fourth-order valence-corrected chi connectivity index (χ4v) is 3.40. The summed E-state index contributed by atoms with van der Waals surface area (Å²) in [5.41, 5.74) is 12.9. The molecule has 0 saturated heterocycles. The van der Waals surface area contributed by atoms with E-state index in [0.29, 0.717) is 12.5 Å². The average Bonchev–Trinajstić information content (AvgIpc) is 3.26. The highest BCUT2D eigenvalue weighted by Crippen LogP contribution is 2.25. The van der Waals surface area contributed by atoms with Crippen molar-refractivity contribution in [1.82, 2.24) is 9.55 Å². The first-order valence-corrected chi connectivity index (χ1v) is 9.94. The molecule has 0 spiro atoms. The summed E-state index contributed by atoms with van der Waals surface area (Å²) in [5, 5.41) is 3.16. The molecule has 1 aromatic heterocycles. The molecule has 0 saturated carbocycles. The number of hydrogen-bond acceptors (Lipinski definition) is 2. The minimum Gasteiger partial charge on any atom is -0.370 e. The van der Waals surface area contributed by atoms with Gasteiger partial charge in [0.25, 0.3) is 0 Å². The number of anilines is 1. The minimum atomic E-state index is 0.408. The van der Waals surface area contributed by atoms with Gasteiger partial charge in [-0.2, -0.15) is 0 Å². The van der Waals surface area contributed by atoms with Crippen LogP contribution in [0, 0.1) is 6.92 Å². The Morgan fingerprint density at radius 2 is 1.87 bits per heavy atom. The maximum Gasteiger partial charge on any atom is 0.193 e. The van der Waals surface area contributed by atoms with Gasteiger partial charge < -0.3 is 15.6 Å². The second-order valence-corrected chi connectivity index (χ2v) is 7.29. The second kappa shape index (κ2) is 9.09. The molecule has 1 heterocycles. The van der Waals surface area contributed by atoms with Gasteiger partial charge in [0.15, 0.2) is 5.96 Å². The molecule has 4 rings (SSSR count). The van der Waals surface area contributed by atoms with Gasteiger partial charge >= 0.3 is 0 Å². The first-order chi connectivity index (χ1) is 14.7. The normalized spacial score (nSPS) is 11.4. The summed E-state index contributed by atoms with van der Waals surface area (Å²) in [6, 6.07) is 25.0. The number of nitrogens with two attached hydrogens (primary N) is 1. The van der Waals surface area contributed by atoms with Crippen LogP contribution in [0.2, 0.25) is 0 Å². The van der Waals surface area contributed by atoms with Gasteiger partial charge in [-0.25, -0.2) is 9.98 Å². The summed E-state index contributed by atoms with van der Waals surface area (Å²) >= 11 is 0. The van der Waals surface area contributed by atoms with Gasteiger partial charge in [-0.05, 0) is 46.9 Å². The SMILES string of the molecule is Cc1cccc(NC(N)=NCc2ccccc2-c2ccc(Cn3ccnc3)cc2)c1. The lowest BCUT2D eigenvalue weighted by Crippen LogP contribution is -2.22. The quantitative estimate of drug-likeness (QED) is 0.363. The van der Waals surface area contributed by atoms with Crippen molar-refractivity contribution in [3.05, 3.63) is 108 Å². The zero-order valence-corrected chi connectivity index (χ0v) is 17.0. The zero-order valence-electron chi connectivity index (χ0n) is 17.0. The lowest BCUT2D eigenvalue weighted by molar-refractivity contribution is 0.797. The molecule has 0 amide bonds. The van der Waals surface area contributed by atoms with E-state index in [1.165, 1.54) is 22.3 Å². The molecule has 0 unspecified atom stereocenters. The molecule has 4 aromatic rings. The van der Waals surface area contributed by atoms with Crippen LogP contribution in [0.25, 0.3) is 11.1 Å². The van der Waals surface area contributed by atoms with E-state index >= 15 is 0 Å². The van der Waals surface area contributed by atoms with E-state index in [0.717, 1.165) is 17.8 Å². The van der Waals surface area contributed by atoms with Gasteiger partial charge in [-0.3, -0.25) is 0 Å². The molecule has 5 nitrogen and oxygen atoms in total. The lowest BCUT2D eigenvalue weighted by Gasteiger charge is -2.10. The van der Waals surface area contributed by atoms with Crippen molar-refractivity contribution < 1.29 is 0 Å². The van der Waals surface area contributed by atoms with Crippen LogP contribution in [0.3, 0.4) is 0 Å². The Balaban J connectivity index is 1.48. The molecule has 3 N–H and O–H groups in total. The second-order valence-electron chi connectivity index (χ2n) is 7.29. The summed E-state index contributed by atoms with van der Waals surface area (Å²) in [4.78, 5) is 8.64. The molecule has 0 fully saturated rings. The van der Waals surface area contributed by atoms with Crippen molar-refractivity contribution in [2.45, 2.75) is 20.0 Å². The maximum atomic E-state index is 6.11. The molecule has 0 aliphatic carbocycles. The number of benzene rings is 3. The number of aliphatic imine (C=N–C) groups is 1. The topological polar surface area (TPSA) is 68.2 Å². The predicted octanol–water partition coefficient (Wildman–Crippen LogP) is 4.83. The maximum absolute atomic E-state index is 6.11. The third-order valence-electron chi connectivity index (χ3n) is 4.92. The Morgan fingerprint density at radius 3 is 2.63 bits per heavy atom. The van der Waals surface area contributed by atoms with E-state index in [9.17, 15) is 0 Å². The molecule has 0 radical (unpaired) electrons. The van der Waals surface area contributed by atoms with Gasteiger partial charge in [0.2, 0.25) is 0 Å². The molecular weight excluding hydrogens is 370 g/mol. The van der Waals surface area contributed by atoms with Crippen LogP contribution in [0.5, 0.6) is 0 Å². The molecular formula is C25H25N5. The van der Waals surface area contributed by atoms with E-state index in [2.05, 4.69) is 75.3 Å². The fourth-order valence-electron chi connectivity index (χ4n) is 3.40. The third-order valence-corrected chi connectivity index (χ3v) is 4.92. The standard InChI is InChI=1S/C25H25N5/c1-19-5-4-7-23(15-19)29-25(26)28-16-22-6-2-3-8-24(22)21-11-9-20(10-12-21)17-30-14-13-27-18-30/h2-15,18H,16-17H2,1H3,(H3,26,28,29). The van der Waals surface area contributed by atoms with Gasteiger partial charge in [0.1, 0.15) is 0 Å². The van der Waals surface area contributed by atoms with Crippen molar-refractivity contribution in [1.29, 1.82) is 0 Å². The van der Waals surface area contributed by atoms with Crippen molar-refractivity contribution in [3.63, 3.8) is 0 Å². The highest BCUT2D eigenvalue weighted by atomic mass is 15.1. The van der Waals surface area contributed by atoms with E-state index in [1.807, 2.05) is 36.8 Å². The minimum absolute atomic E-state index is 0.408. The summed E-state index contributed by atoms with van der Waals surface area (Å²) in [6.45, 7) is 3.38.